The van der Waals surface area contributed by atoms with Crippen LogP contribution in [0, 0.1) is 0 Å². The van der Waals surface area contributed by atoms with Gasteiger partial charge in [0.1, 0.15) is 6.04 Å². The number of carbonyl (C=O) groups excluding carboxylic acids is 3. The highest BCUT2D eigenvalue weighted by Gasteiger charge is 2.44. The molecule has 0 radical (unpaired) electrons. The van der Waals surface area contributed by atoms with E-state index in [2.05, 4.69) is 5.32 Å². The van der Waals surface area contributed by atoms with Gasteiger partial charge in [-0.05, 0) is 12.8 Å². The SMILES string of the molecule is O=C(CC1NC(=O)N(CC2(O)CCCCC2)C1=O)N1CCOCC1. The first-order chi connectivity index (χ1) is 11.5. The molecule has 8 heteroatoms. The molecule has 2 N–H and O–H groups in total. The number of β-amino-alcohol motifs (C(OH)–C–C–N with tert-alkyl or cyclic N) is 1. The summed E-state index contributed by atoms with van der Waals surface area (Å²) in [4.78, 5) is 39.6. The van der Waals surface area contributed by atoms with Crippen molar-refractivity contribution in [1.29, 1.82) is 0 Å². The normalized spacial score (nSPS) is 27.3. The molecule has 24 heavy (non-hydrogen) atoms. The maximum Gasteiger partial charge on any atom is 0.324 e. The molecule has 2 aliphatic heterocycles. The summed E-state index contributed by atoms with van der Waals surface area (Å²) in [6.45, 7) is 2.03. The molecule has 4 amide bonds. The number of hydrogen-bond acceptors (Lipinski definition) is 5. The Hall–Kier alpha value is -1.67. The number of aliphatic hydroxyl groups is 1. The van der Waals surface area contributed by atoms with Gasteiger partial charge in [0, 0.05) is 13.1 Å². The van der Waals surface area contributed by atoms with Crippen molar-refractivity contribution in [2.75, 3.05) is 32.8 Å². The molecule has 0 aromatic rings. The Balaban J connectivity index is 1.58. The van der Waals surface area contributed by atoms with E-state index >= 15 is 0 Å². The topological polar surface area (TPSA) is 99.2 Å². The lowest BCUT2D eigenvalue weighted by Crippen LogP contribution is -2.47. The Labute approximate surface area is 141 Å². The number of morpholine rings is 1. The quantitative estimate of drug-likeness (QED) is 0.694. The minimum Gasteiger partial charge on any atom is -0.388 e. The third-order valence-corrected chi connectivity index (χ3v) is 5.09. The van der Waals surface area contributed by atoms with Crippen LogP contribution in [0.3, 0.4) is 0 Å². The van der Waals surface area contributed by atoms with Crippen molar-refractivity contribution in [3.8, 4) is 0 Å². The number of nitrogens with zero attached hydrogens (tertiary/aromatic N) is 2. The lowest BCUT2D eigenvalue weighted by Gasteiger charge is -2.34. The lowest BCUT2D eigenvalue weighted by molar-refractivity contribution is -0.139. The van der Waals surface area contributed by atoms with Crippen LogP contribution in [0.15, 0.2) is 0 Å². The number of urea groups is 1. The molecule has 0 bridgehead atoms. The second-order valence-corrected chi connectivity index (χ2v) is 6.91. The number of carbonyl (C=O) groups is 3. The fourth-order valence-electron chi connectivity index (χ4n) is 3.64. The maximum atomic E-state index is 12.5. The van der Waals surface area contributed by atoms with Crippen LogP contribution in [-0.2, 0) is 14.3 Å². The van der Waals surface area contributed by atoms with Gasteiger partial charge in [-0.15, -0.1) is 0 Å². The third kappa shape index (κ3) is 3.70. The Bertz CT molecular complexity index is 512. The van der Waals surface area contributed by atoms with Crippen LogP contribution in [-0.4, -0.2) is 77.2 Å². The highest BCUT2D eigenvalue weighted by molar-refractivity contribution is 6.05. The van der Waals surface area contributed by atoms with E-state index in [0.29, 0.717) is 39.1 Å². The van der Waals surface area contributed by atoms with Crippen molar-refractivity contribution in [1.82, 2.24) is 15.1 Å². The van der Waals surface area contributed by atoms with Crippen LogP contribution < -0.4 is 5.32 Å². The predicted molar refractivity (Wildman–Crippen MR) is 84.1 cm³/mol. The summed E-state index contributed by atoms with van der Waals surface area (Å²) < 4.78 is 5.20. The zero-order valence-corrected chi connectivity index (χ0v) is 13.8. The zero-order chi connectivity index (χ0) is 17.2. The first kappa shape index (κ1) is 17.2. The van der Waals surface area contributed by atoms with E-state index in [-0.39, 0.29) is 18.9 Å². The summed E-state index contributed by atoms with van der Waals surface area (Å²) in [5.41, 5.74) is -0.992. The number of hydrogen-bond donors (Lipinski definition) is 2. The van der Waals surface area contributed by atoms with Crippen LogP contribution in [0.5, 0.6) is 0 Å². The van der Waals surface area contributed by atoms with Gasteiger partial charge in [-0.25, -0.2) is 4.79 Å². The van der Waals surface area contributed by atoms with Gasteiger partial charge in [-0.2, -0.15) is 0 Å². The monoisotopic (exact) mass is 339 g/mol. The van der Waals surface area contributed by atoms with Gasteiger partial charge >= 0.3 is 6.03 Å². The third-order valence-electron chi connectivity index (χ3n) is 5.09. The van der Waals surface area contributed by atoms with Crippen molar-refractivity contribution in [3.05, 3.63) is 0 Å². The average Bonchev–Trinajstić information content (AvgIpc) is 2.83. The number of ether oxygens (including phenoxy) is 1. The van der Waals surface area contributed by atoms with E-state index in [1.165, 1.54) is 0 Å². The van der Waals surface area contributed by atoms with Crippen LogP contribution in [0.1, 0.15) is 38.5 Å². The second-order valence-electron chi connectivity index (χ2n) is 6.91. The second kappa shape index (κ2) is 7.06. The van der Waals surface area contributed by atoms with E-state index in [1.807, 2.05) is 0 Å². The van der Waals surface area contributed by atoms with E-state index in [0.717, 1.165) is 24.2 Å². The summed E-state index contributed by atoms with van der Waals surface area (Å²) in [5, 5.41) is 13.2. The molecule has 0 aromatic heterocycles. The van der Waals surface area contributed by atoms with Crippen molar-refractivity contribution in [2.45, 2.75) is 50.2 Å². The van der Waals surface area contributed by atoms with Crippen LogP contribution >= 0.6 is 0 Å². The fraction of sp³-hybridized carbons (Fsp3) is 0.812. The van der Waals surface area contributed by atoms with Gasteiger partial charge in [-0.3, -0.25) is 14.5 Å². The van der Waals surface area contributed by atoms with Gasteiger partial charge in [0.2, 0.25) is 5.91 Å². The van der Waals surface area contributed by atoms with Crippen molar-refractivity contribution in [2.24, 2.45) is 0 Å². The number of rotatable bonds is 4. The molecule has 1 unspecified atom stereocenters. The standard InChI is InChI=1S/C16H25N3O5/c20-13(18-6-8-24-9-7-18)10-12-14(21)19(15(22)17-12)11-16(23)4-2-1-3-5-16/h12,23H,1-11H2,(H,17,22). The molecule has 3 fully saturated rings. The highest BCUT2D eigenvalue weighted by Crippen LogP contribution is 2.29. The molecular weight excluding hydrogens is 314 g/mol. The molecule has 1 atom stereocenters. The molecule has 2 saturated heterocycles. The molecule has 0 spiro atoms. The average molecular weight is 339 g/mol. The Morgan fingerprint density at radius 3 is 2.54 bits per heavy atom. The van der Waals surface area contributed by atoms with Gasteiger partial charge in [0.25, 0.3) is 5.91 Å². The molecule has 134 valence electrons. The fourth-order valence-corrected chi connectivity index (χ4v) is 3.64. The van der Waals surface area contributed by atoms with Gasteiger partial charge in [-0.1, -0.05) is 19.3 Å². The van der Waals surface area contributed by atoms with E-state index in [9.17, 15) is 19.5 Å². The first-order valence-corrected chi connectivity index (χ1v) is 8.68. The molecule has 1 aliphatic carbocycles. The molecule has 0 aromatic carbocycles. The van der Waals surface area contributed by atoms with E-state index < -0.39 is 23.6 Å². The largest absolute Gasteiger partial charge is 0.388 e. The number of nitrogens with one attached hydrogen (secondary N) is 1. The summed E-state index contributed by atoms with van der Waals surface area (Å²) >= 11 is 0. The molecule has 3 rings (SSSR count). The predicted octanol–water partition coefficient (Wildman–Crippen LogP) is -0.149. The number of imide groups is 1. The minimum absolute atomic E-state index is 0.0138. The van der Waals surface area contributed by atoms with Crippen molar-refractivity contribution >= 4 is 17.8 Å². The van der Waals surface area contributed by atoms with Gasteiger partial charge in [0.15, 0.2) is 0 Å². The Morgan fingerprint density at radius 1 is 1.21 bits per heavy atom. The van der Waals surface area contributed by atoms with Crippen molar-refractivity contribution < 1.29 is 24.2 Å². The van der Waals surface area contributed by atoms with Crippen molar-refractivity contribution in [3.63, 3.8) is 0 Å². The van der Waals surface area contributed by atoms with E-state index in [1.54, 1.807) is 4.90 Å². The van der Waals surface area contributed by atoms with Gasteiger partial charge < -0.3 is 20.1 Å². The lowest BCUT2D eigenvalue weighted by atomic mass is 9.84. The summed E-state index contributed by atoms with van der Waals surface area (Å²) in [6, 6.07) is -1.35. The molecule has 3 aliphatic rings. The zero-order valence-electron chi connectivity index (χ0n) is 13.8. The van der Waals surface area contributed by atoms with Crippen LogP contribution in [0.25, 0.3) is 0 Å². The molecule has 2 heterocycles. The Morgan fingerprint density at radius 2 is 1.88 bits per heavy atom. The van der Waals surface area contributed by atoms with E-state index in [4.69, 9.17) is 4.74 Å². The summed E-state index contributed by atoms with van der Waals surface area (Å²) in [7, 11) is 0. The molecule has 8 nitrogen and oxygen atoms in total. The molecular formula is C16H25N3O5. The number of amides is 4. The van der Waals surface area contributed by atoms with Crippen LogP contribution in [0.2, 0.25) is 0 Å². The molecule has 1 saturated carbocycles. The highest BCUT2D eigenvalue weighted by atomic mass is 16.5. The first-order valence-electron chi connectivity index (χ1n) is 8.68. The summed E-state index contributed by atoms with van der Waals surface area (Å²) in [6.07, 6.45) is 4.03. The van der Waals surface area contributed by atoms with Crippen LogP contribution in [0.4, 0.5) is 4.79 Å². The summed E-state index contributed by atoms with van der Waals surface area (Å²) in [5.74, 6) is -0.573. The van der Waals surface area contributed by atoms with Gasteiger partial charge in [0.05, 0.1) is 31.8 Å². The minimum atomic E-state index is -0.992. The smallest absolute Gasteiger partial charge is 0.324 e. The Kier molecular flexibility index (Phi) is 5.05. The maximum absolute atomic E-state index is 12.5.